The second-order valence-electron chi connectivity index (χ2n) is 4.18. The number of carbonyl (C=O) groups is 2. The summed E-state index contributed by atoms with van der Waals surface area (Å²) >= 11 is 0. The first-order valence-corrected chi connectivity index (χ1v) is 5.06. The van der Waals surface area contributed by atoms with Crippen LogP contribution in [0.3, 0.4) is 0 Å². The molecule has 0 saturated carbocycles. The van der Waals surface area contributed by atoms with Gasteiger partial charge in [0.25, 0.3) is 0 Å². The molecule has 80 valence electrons. The molecule has 1 amide bonds. The first kappa shape index (κ1) is 11.2. The smallest absolute Gasteiger partial charge is 0.238 e. The van der Waals surface area contributed by atoms with E-state index in [1.807, 2.05) is 0 Å². The van der Waals surface area contributed by atoms with Crippen LogP contribution in [-0.4, -0.2) is 29.3 Å². The van der Waals surface area contributed by atoms with Gasteiger partial charge in [0.2, 0.25) is 5.91 Å². The monoisotopic (exact) mass is 198 g/mol. The van der Waals surface area contributed by atoms with Crippen LogP contribution in [0.2, 0.25) is 0 Å². The minimum Gasteiger partial charge on any atom is -0.300 e. The fourth-order valence-corrected chi connectivity index (χ4v) is 1.46. The van der Waals surface area contributed by atoms with Crippen LogP contribution in [0.1, 0.15) is 33.6 Å². The first-order valence-electron chi connectivity index (χ1n) is 5.06. The molecule has 0 aliphatic carbocycles. The Morgan fingerprint density at radius 2 is 2.29 bits per heavy atom. The van der Waals surface area contributed by atoms with E-state index >= 15 is 0 Å². The zero-order valence-corrected chi connectivity index (χ0v) is 9.04. The Labute approximate surface area is 84.6 Å². The Balaban J connectivity index is 2.41. The molecule has 4 heteroatoms. The molecular weight excluding hydrogens is 180 g/mol. The highest BCUT2D eigenvalue weighted by molar-refractivity contribution is 5.80. The first-order chi connectivity index (χ1) is 6.50. The maximum Gasteiger partial charge on any atom is 0.238 e. The Morgan fingerprint density at radius 1 is 1.64 bits per heavy atom. The topological polar surface area (TPSA) is 49.4 Å². The second-order valence-corrected chi connectivity index (χ2v) is 4.18. The van der Waals surface area contributed by atoms with Crippen molar-refractivity contribution in [1.29, 1.82) is 0 Å². The number of rotatable bonds is 4. The van der Waals surface area contributed by atoms with Gasteiger partial charge >= 0.3 is 0 Å². The van der Waals surface area contributed by atoms with Crippen molar-refractivity contribution in [2.45, 2.75) is 39.7 Å². The van der Waals surface area contributed by atoms with Gasteiger partial charge in [0.15, 0.2) is 0 Å². The summed E-state index contributed by atoms with van der Waals surface area (Å²) in [7, 11) is 0. The van der Waals surface area contributed by atoms with E-state index in [9.17, 15) is 9.59 Å². The van der Waals surface area contributed by atoms with Gasteiger partial charge in [-0.25, -0.2) is 5.43 Å². The minimum atomic E-state index is 0.102. The number of Topliss-reactive ketones (excluding diaryl/α,β-unsaturated/α-hetero) is 1. The zero-order valence-electron chi connectivity index (χ0n) is 9.04. The van der Waals surface area contributed by atoms with E-state index in [0.717, 1.165) is 0 Å². The van der Waals surface area contributed by atoms with Crippen molar-refractivity contribution < 1.29 is 9.59 Å². The molecule has 0 aromatic heterocycles. The number of ketones is 1. The van der Waals surface area contributed by atoms with Crippen LogP contribution in [0.5, 0.6) is 0 Å². The molecule has 1 saturated heterocycles. The third kappa shape index (κ3) is 2.80. The van der Waals surface area contributed by atoms with Crippen LogP contribution in [0.15, 0.2) is 0 Å². The predicted molar refractivity (Wildman–Crippen MR) is 53.4 cm³/mol. The van der Waals surface area contributed by atoms with Crippen LogP contribution in [0.4, 0.5) is 0 Å². The Kier molecular flexibility index (Phi) is 3.63. The Morgan fingerprint density at radius 3 is 2.71 bits per heavy atom. The van der Waals surface area contributed by atoms with E-state index < -0.39 is 0 Å². The average molecular weight is 198 g/mol. The predicted octanol–water partition coefficient (Wildman–Crippen LogP) is 0.727. The number of hydrogen-bond acceptors (Lipinski definition) is 3. The minimum absolute atomic E-state index is 0.102. The number of carbonyl (C=O) groups excluding carboxylic acids is 2. The zero-order chi connectivity index (χ0) is 10.7. The summed E-state index contributed by atoms with van der Waals surface area (Å²) in [6, 6.07) is 0.231. The fraction of sp³-hybridized carbons (Fsp3) is 0.800. The molecule has 1 unspecified atom stereocenters. The average Bonchev–Trinajstić information content (AvgIpc) is 2.43. The van der Waals surface area contributed by atoms with Crippen LogP contribution in [-0.2, 0) is 9.59 Å². The molecule has 1 rings (SSSR count). The van der Waals surface area contributed by atoms with E-state index in [2.05, 4.69) is 19.3 Å². The van der Waals surface area contributed by atoms with Crippen molar-refractivity contribution in [3.8, 4) is 0 Å². The third-order valence-electron chi connectivity index (χ3n) is 2.51. The molecule has 1 fully saturated rings. The van der Waals surface area contributed by atoms with Crippen LogP contribution >= 0.6 is 0 Å². The maximum absolute atomic E-state index is 11.5. The molecule has 1 aliphatic heterocycles. The fourth-order valence-electron chi connectivity index (χ4n) is 1.46. The Bertz CT molecular complexity index is 238. The van der Waals surface area contributed by atoms with E-state index in [0.29, 0.717) is 25.3 Å². The maximum atomic E-state index is 11.5. The van der Waals surface area contributed by atoms with Crippen LogP contribution < -0.4 is 5.43 Å². The van der Waals surface area contributed by atoms with Gasteiger partial charge in [-0.15, -0.1) is 0 Å². The van der Waals surface area contributed by atoms with Crippen molar-refractivity contribution in [2.24, 2.45) is 5.92 Å². The van der Waals surface area contributed by atoms with Gasteiger partial charge in [-0.05, 0) is 12.8 Å². The number of nitrogens with zero attached hydrogens (tertiary/aromatic N) is 1. The number of hydrogen-bond donors (Lipinski definition) is 1. The quantitative estimate of drug-likeness (QED) is 0.724. The summed E-state index contributed by atoms with van der Waals surface area (Å²) in [6.45, 7) is 6.21. The number of nitrogens with one attached hydrogen (secondary N) is 1. The molecular formula is C10H18N2O2. The van der Waals surface area contributed by atoms with E-state index in [1.54, 1.807) is 11.9 Å². The summed E-state index contributed by atoms with van der Waals surface area (Å²) in [5.74, 6) is 0.666. The van der Waals surface area contributed by atoms with Crippen molar-refractivity contribution in [3.63, 3.8) is 0 Å². The SMILES string of the molecule is CC(=O)CCN1NC(C(C)C)CC1=O. The summed E-state index contributed by atoms with van der Waals surface area (Å²) in [5.41, 5.74) is 3.13. The lowest BCUT2D eigenvalue weighted by atomic mass is 10.0. The molecule has 1 atom stereocenters. The van der Waals surface area contributed by atoms with Crippen LogP contribution in [0, 0.1) is 5.92 Å². The molecule has 0 bridgehead atoms. The van der Waals surface area contributed by atoms with Gasteiger partial charge in [0.1, 0.15) is 5.78 Å². The largest absolute Gasteiger partial charge is 0.300 e. The standard InChI is InChI=1S/C10H18N2O2/c1-7(2)9-6-10(14)12(11-9)5-4-8(3)13/h7,9,11H,4-6H2,1-3H3. The summed E-state index contributed by atoms with van der Waals surface area (Å²) in [6.07, 6.45) is 0.985. The van der Waals surface area contributed by atoms with E-state index in [-0.39, 0.29) is 17.7 Å². The highest BCUT2D eigenvalue weighted by atomic mass is 16.2. The van der Waals surface area contributed by atoms with Crippen molar-refractivity contribution in [1.82, 2.24) is 10.4 Å². The van der Waals surface area contributed by atoms with Gasteiger partial charge in [-0.3, -0.25) is 14.6 Å². The Hall–Kier alpha value is -0.900. The summed E-state index contributed by atoms with van der Waals surface area (Å²) in [4.78, 5) is 22.2. The number of amides is 1. The van der Waals surface area contributed by atoms with Gasteiger partial charge in [0, 0.05) is 25.4 Å². The lowest BCUT2D eigenvalue weighted by molar-refractivity contribution is -0.130. The number of hydrazine groups is 1. The van der Waals surface area contributed by atoms with Crippen molar-refractivity contribution in [3.05, 3.63) is 0 Å². The third-order valence-corrected chi connectivity index (χ3v) is 2.51. The lowest BCUT2D eigenvalue weighted by Gasteiger charge is -2.19. The molecule has 1 heterocycles. The highest BCUT2D eigenvalue weighted by Crippen LogP contribution is 2.15. The molecule has 4 nitrogen and oxygen atoms in total. The molecule has 0 aromatic carbocycles. The molecule has 0 radical (unpaired) electrons. The van der Waals surface area contributed by atoms with Crippen molar-refractivity contribution in [2.75, 3.05) is 6.54 Å². The molecule has 1 aliphatic rings. The molecule has 0 spiro atoms. The van der Waals surface area contributed by atoms with Gasteiger partial charge in [-0.1, -0.05) is 13.8 Å². The highest BCUT2D eigenvalue weighted by Gasteiger charge is 2.30. The molecule has 14 heavy (non-hydrogen) atoms. The normalized spacial score (nSPS) is 22.1. The molecule has 1 N–H and O–H groups in total. The molecule has 0 aromatic rings. The second kappa shape index (κ2) is 4.55. The van der Waals surface area contributed by atoms with E-state index in [4.69, 9.17) is 0 Å². The van der Waals surface area contributed by atoms with E-state index in [1.165, 1.54) is 0 Å². The van der Waals surface area contributed by atoms with Crippen molar-refractivity contribution >= 4 is 11.7 Å². The van der Waals surface area contributed by atoms with Gasteiger partial charge in [0.05, 0.1) is 0 Å². The van der Waals surface area contributed by atoms with Gasteiger partial charge < -0.3 is 0 Å². The summed E-state index contributed by atoms with van der Waals surface area (Å²) in [5, 5.41) is 1.58. The lowest BCUT2D eigenvalue weighted by Crippen LogP contribution is -2.40. The van der Waals surface area contributed by atoms with Crippen LogP contribution in [0.25, 0.3) is 0 Å². The van der Waals surface area contributed by atoms with Gasteiger partial charge in [-0.2, -0.15) is 0 Å². The summed E-state index contributed by atoms with van der Waals surface area (Å²) < 4.78 is 0.